The molecule has 1 N–H and O–H groups in total. The van der Waals surface area contributed by atoms with Crippen molar-refractivity contribution < 1.29 is 38.1 Å². The number of ether oxygens (including phenoxy) is 4. The maximum Gasteiger partial charge on any atom is 0.345 e. The van der Waals surface area contributed by atoms with Gasteiger partial charge in [-0.1, -0.05) is 69.3 Å². The van der Waals surface area contributed by atoms with Crippen LogP contribution in [0.5, 0.6) is 5.95 Å². The van der Waals surface area contributed by atoms with Crippen molar-refractivity contribution in [2.75, 3.05) is 0 Å². The highest BCUT2D eigenvalue weighted by Crippen LogP contribution is 2.83. The largest absolute Gasteiger partial charge is 0.421 e. The van der Waals surface area contributed by atoms with Crippen LogP contribution in [0.25, 0.3) is 0 Å². The van der Waals surface area contributed by atoms with Crippen molar-refractivity contribution in [3.8, 4) is 5.95 Å². The number of aliphatic hydroxyl groups excluding tert-OH is 1. The molecule has 4 heterocycles. The van der Waals surface area contributed by atoms with Crippen LogP contribution in [0.3, 0.4) is 0 Å². The Morgan fingerprint density at radius 2 is 1.64 bits per heavy atom. The Labute approximate surface area is 242 Å². The van der Waals surface area contributed by atoms with Gasteiger partial charge >= 0.3 is 5.97 Å². The smallest absolute Gasteiger partial charge is 0.345 e. The topological polar surface area (TPSA) is 114 Å². The zero-order valence-corrected chi connectivity index (χ0v) is 23.7. The third-order valence-electron chi connectivity index (χ3n) is 11.5. The van der Waals surface area contributed by atoms with Crippen LogP contribution < -0.4 is 4.74 Å². The lowest BCUT2D eigenvalue weighted by Gasteiger charge is -2.53. The summed E-state index contributed by atoms with van der Waals surface area (Å²) in [5.41, 5.74) is -0.254. The minimum Gasteiger partial charge on any atom is -0.421 e. The summed E-state index contributed by atoms with van der Waals surface area (Å²) >= 11 is 0. The lowest BCUT2D eigenvalue weighted by molar-refractivity contribution is -0.0921. The first kappa shape index (κ1) is 25.2. The van der Waals surface area contributed by atoms with Crippen molar-refractivity contribution in [3.63, 3.8) is 0 Å². The van der Waals surface area contributed by atoms with E-state index in [0.29, 0.717) is 30.4 Å². The molecule has 216 valence electrons. The summed E-state index contributed by atoms with van der Waals surface area (Å²) in [6.07, 6.45) is 0.415. The monoisotopic (exact) mass is 568 g/mol. The van der Waals surface area contributed by atoms with Gasteiger partial charge in [0.2, 0.25) is 5.78 Å². The van der Waals surface area contributed by atoms with Crippen molar-refractivity contribution >= 4 is 11.8 Å². The first-order valence-corrected chi connectivity index (χ1v) is 14.9. The second-order valence-electron chi connectivity index (χ2n) is 13.4. The molecular weight excluding hydrogens is 536 g/mol. The SMILES string of the molecule is CC(C)[C@]12O[C@H]1[C@H]1O[C@]13[C@]1(O[C@H]1C[C@H]1c4c(C(=O)c5ccccc5)oc(OC(=O)c5ccccc5)c4CC[C@@]13C)[C@@H]2O. The molecule has 3 aromatic rings. The number of fused-ring (bicyclic) bond motifs is 5. The van der Waals surface area contributed by atoms with Gasteiger partial charge in [-0.05, 0) is 43.2 Å². The first-order chi connectivity index (χ1) is 20.2. The molecule has 5 fully saturated rings. The number of esters is 1. The van der Waals surface area contributed by atoms with E-state index in [-0.39, 0.29) is 47.6 Å². The fourth-order valence-corrected chi connectivity index (χ4v) is 9.34. The van der Waals surface area contributed by atoms with Crippen LogP contribution in [0.1, 0.15) is 77.1 Å². The van der Waals surface area contributed by atoms with Gasteiger partial charge in [0, 0.05) is 22.1 Å². The number of hydrogen-bond donors (Lipinski definition) is 1. The molecule has 0 unspecified atom stereocenters. The zero-order chi connectivity index (χ0) is 28.8. The van der Waals surface area contributed by atoms with Gasteiger partial charge in [0.05, 0.1) is 11.7 Å². The summed E-state index contributed by atoms with van der Waals surface area (Å²) < 4.78 is 31.6. The van der Waals surface area contributed by atoms with E-state index >= 15 is 0 Å². The molecule has 9 atom stereocenters. The third kappa shape index (κ3) is 2.70. The van der Waals surface area contributed by atoms with E-state index in [1.165, 1.54) is 0 Å². The minimum absolute atomic E-state index is 0.0764. The molecule has 0 bridgehead atoms. The molecule has 0 amide bonds. The molecule has 3 saturated heterocycles. The van der Waals surface area contributed by atoms with E-state index in [0.717, 1.165) is 11.1 Å². The summed E-state index contributed by atoms with van der Waals surface area (Å²) in [5, 5.41) is 11.9. The molecular formula is C34H32O8. The minimum atomic E-state index is -0.826. The number of epoxide rings is 3. The molecule has 8 heteroatoms. The number of rotatable bonds is 5. The molecule has 1 aromatic heterocycles. The van der Waals surface area contributed by atoms with Gasteiger partial charge < -0.3 is 28.5 Å². The molecule has 3 aliphatic carbocycles. The Balaban J connectivity index is 1.16. The van der Waals surface area contributed by atoms with Crippen molar-refractivity contribution in [1.29, 1.82) is 0 Å². The summed E-state index contributed by atoms with van der Waals surface area (Å²) in [7, 11) is 0. The molecule has 2 saturated carbocycles. The second kappa shape index (κ2) is 7.80. The Morgan fingerprint density at radius 3 is 2.33 bits per heavy atom. The number of carbonyl (C=O) groups excluding carboxylic acids is 2. The van der Waals surface area contributed by atoms with Gasteiger partial charge in [-0.15, -0.1) is 0 Å². The highest BCUT2D eigenvalue weighted by molar-refractivity contribution is 6.08. The third-order valence-corrected chi connectivity index (χ3v) is 11.5. The quantitative estimate of drug-likeness (QED) is 0.270. The van der Waals surface area contributed by atoms with E-state index in [9.17, 15) is 14.7 Å². The summed E-state index contributed by atoms with van der Waals surface area (Å²) in [4.78, 5) is 27.1. The zero-order valence-electron chi connectivity index (χ0n) is 23.7. The Morgan fingerprint density at radius 1 is 0.952 bits per heavy atom. The Kier molecular flexibility index (Phi) is 4.68. The van der Waals surface area contributed by atoms with Gasteiger partial charge in [-0.25, -0.2) is 4.79 Å². The maximum absolute atomic E-state index is 14.0. The van der Waals surface area contributed by atoms with Gasteiger partial charge in [-0.2, -0.15) is 0 Å². The fourth-order valence-electron chi connectivity index (χ4n) is 9.34. The standard InChI is InChI=1S/C34H32O8/c1-17(2)32-26(41-32)27-34(42-27)31(3)15-14-20-23(21(31)16-22-33(34,40-22)30(32)37)25(24(35)18-10-6-4-7-11-18)38-29(20)39-28(36)19-12-8-5-9-13-19/h4-13,17,21-22,26-27,30,37H,14-16H2,1-3H3/t21-,22-,26-,27+,30+,31-,32-,33+,34+/m0/s1. The van der Waals surface area contributed by atoms with E-state index < -0.39 is 34.3 Å². The van der Waals surface area contributed by atoms with Crippen LogP contribution in [0.2, 0.25) is 0 Å². The molecule has 3 aliphatic heterocycles. The average molecular weight is 569 g/mol. The summed E-state index contributed by atoms with van der Waals surface area (Å²) in [6.45, 7) is 6.37. The maximum atomic E-state index is 14.0. The van der Waals surface area contributed by atoms with Crippen LogP contribution in [-0.2, 0) is 20.6 Å². The molecule has 0 radical (unpaired) electrons. The van der Waals surface area contributed by atoms with E-state index in [2.05, 4.69) is 20.8 Å². The highest BCUT2D eigenvalue weighted by atomic mass is 16.7. The Hall–Kier alpha value is -3.30. The average Bonchev–Trinajstić information content (AvgIpc) is 3.91. The number of aliphatic hydroxyl groups is 1. The van der Waals surface area contributed by atoms with E-state index in [1.54, 1.807) is 36.4 Å². The normalized spacial score (nSPS) is 41.3. The van der Waals surface area contributed by atoms with Crippen LogP contribution >= 0.6 is 0 Å². The number of benzene rings is 2. The van der Waals surface area contributed by atoms with E-state index in [1.807, 2.05) is 24.3 Å². The van der Waals surface area contributed by atoms with Crippen LogP contribution in [-0.4, -0.2) is 58.1 Å². The number of hydrogen-bond acceptors (Lipinski definition) is 8. The van der Waals surface area contributed by atoms with Crippen LogP contribution in [0.4, 0.5) is 0 Å². The number of ketones is 1. The van der Waals surface area contributed by atoms with Crippen molar-refractivity contribution in [2.24, 2.45) is 11.3 Å². The van der Waals surface area contributed by atoms with Crippen LogP contribution in [0, 0.1) is 11.3 Å². The molecule has 9 rings (SSSR count). The van der Waals surface area contributed by atoms with E-state index in [4.69, 9.17) is 23.4 Å². The number of furan rings is 1. The summed E-state index contributed by atoms with van der Waals surface area (Å²) in [6, 6.07) is 17.8. The number of carbonyl (C=O) groups is 2. The highest BCUT2D eigenvalue weighted by Gasteiger charge is 3.00. The van der Waals surface area contributed by atoms with Crippen molar-refractivity contribution in [3.05, 3.63) is 88.7 Å². The predicted molar refractivity (Wildman–Crippen MR) is 147 cm³/mol. The lowest BCUT2D eigenvalue weighted by Crippen LogP contribution is -2.68. The first-order valence-electron chi connectivity index (χ1n) is 14.9. The molecule has 6 aliphatic rings. The van der Waals surface area contributed by atoms with Crippen molar-refractivity contribution in [2.45, 2.75) is 87.2 Å². The van der Waals surface area contributed by atoms with Gasteiger partial charge in [0.25, 0.3) is 5.95 Å². The molecule has 8 nitrogen and oxygen atoms in total. The molecule has 2 spiro atoms. The predicted octanol–water partition coefficient (Wildman–Crippen LogP) is 4.61. The fraction of sp³-hybridized carbons (Fsp3) is 0.471. The molecule has 2 aromatic carbocycles. The van der Waals surface area contributed by atoms with Gasteiger partial charge in [0.1, 0.15) is 29.5 Å². The van der Waals surface area contributed by atoms with Crippen molar-refractivity contribution in [1.82, 2.24) is 0 Å². The van der Waals surface area contributed by atoms with Crippen LogP contribution in [0.15, 0.2) is 65.1 Å². The van der Waals surface area contributed by atoms with Gasteiger partial charge in [-0.3, -0.25) is 4.79 Å². The van der Waals surface area contributed by atoms with Gasteiger partial charge in [0.15, 0.2) is 11.4 Å². The lowest BCUT2D eigenvalue weighted by atomic mass is 9.46. The second-order valence-corrected chi connectivity index (χ2v) is 13.4. The summed E-state index contributed by atoms with van der Waals surface area (Å²) in [5.74, 6) is -0.575. The molecule has 42 heavy (non-hydrogen) atoms. The Bertz CT molecular complexity index is 1660.